The molecule has 0 heterocycles. The van der Waals surface area contributed by atoms with Gasteiger partial charge in [0.1, 0.15) is 5.60 Å². The second kappa shape index (κ2) is 11.3. The molecule has 2 aromatic carbocycles. The molecule has 0 saturated heterocycles. The van der Waals surface area contributed by atoms with Crippen LogP contribution in [-0.4, -0.2) is 37.5 Å². The van der Waals surface area contributed by atoms with Crippen LogP contribution >= 0.6 is 0 Å². The lowest BCUT2D eigenvalue weighted by molar-refractivity contribution is -0.155. The number of hydrogen-bond acceptors (Lipinski definition) is 5. The molecule has 1 amide bonds. The molecule has 1 aliphatic rings. The smallest absolute Gasteiger partial charge is 0.408 e. The Hall–Kier alpha value is -2.86. The topological polar surface area (TPSA) is 73.9 Å². The Morgan fingerprint density at radius 2 is 1.80 bits per heavy atom. The molecule has 1 atom stereocenters. The molecule has 1 fully saturated rings. The lowest BCUT2D eigenvalue weighted by Gasteiger charge is -2.35. The molecule has 6 heteroatoms. The van der Waals surface area contributed by atoms with Gasteiger partial charge in [-0.1, -0.05) is 36.4 Å². The van der Waals surface area contributed by atoms with Crippen molar-refractivity contribution in [1.29, 1.82) is 0 Å². The van der Waals surface area contributed by atoms with E-state index in [1.54, 1.807) is 7.11 Å². The van der Waals surface area contributed by atoms with Crippen molar-refractivity contribution in [3.8, 4) is 0 Å². The van der Waals surface area contributed by atoms with Crippen LogP contribution in [0.2, 0.25) is 0 Å². The van der Waals surface area contributed by atoms with E-state index >= 15 is 0 Å². The van der Waals surface area contributed by atoms with Gasteiger partial charge in [0.15, 0.2) is 0 Å². The number of fused-ring (bicyclic) bond motifs is 1. The molecule has 6 nitrogen and oxygen atoms in total. The van der Waals surface area contributed by atoms with Gasteiger partial charge in [-0.2, -0.15) is 0 Å². The number of carbonyl (C=O) groups excluding carboxylic acids is 2. The Morgan fingerprint density at radius 1 is 1.11 bits per heavy atom. The summed E-state index contributed by atoms with van der Waals surface area (Å²) >= 11 is 0. The summed E-state index contributed by atoms with van der Waals surface area (Å²) in [4.78, 5) is 25.1. The molecule has 1 saturated carbocycles. The van der Waals surface area contributed by atoms with E-state index in [-0.39, 0.29) is 18.1 Å². The monoisotopic (exact) mass is 481 g/mol. The number of benzene rings is 2. The summed E-state index contributed by atoms with van der Waals surface area (Å²) in [7, 11) is 1.73. The minimum atomic E-state index is -0.617. The minimum absolute atomic E-state index is 0.157. The van der Waals surface area contributed by atoms with Crippen LogP contribution in [0.1, 0.15) is 77.5 Å². The Balaban J connectivity index is 1.81. The van der Waals surface area contributed by atoms with Crippen LogP contribution in [0.15, 0.2) is 42.5 Å². The van der Waals surface area contributed by atoms with Crippen molar-refractivity contribution < 1.29 is 23.8 Å². The van der Waals surface area contributed by atoms with Gasteiger partial charge in [0.25, 0.3) is 0 Å². The highest BCUT2D eigenvalue weighted by Gasteiger charge is 2.41. The first kappa shape index (κ1) is 26.7. The van der Waals surface area contributed by atoms with Crippen molar-refractivity contribution in [2.45, 2.75) is 78.0 Å². The predicted octanol–water partition coefficient (Wildman–Crippen LogP) is 6.58. The first-order valence-corrected chi connectivity index (χ1v) is 12.5. The molecule has 0 bridgehead atoms. The molecular weight excluding hydrogens is 442 g/mol. The molecule has 1 N–H and O–H groups in total. The Morgan fingerprint density at radius 3 is 2.43 bits per heavy atom. The summed E-state index contributed by atoms with van der Waals surface area (Å²) in [6.07, 6.45) is 6.91. The average Bonchev–Trinajstić information content (AvgIpc) is 2.81. The van der Waals surface area contributed by atoms with Crippen molar-refractivity contribution in [2.75, 3.05) is 13.7 Å². The zero-order valence-corrected chi connectivity index (χ0v) is 21.9. The second-order valence-electron chi connectivity index (χ2n) is 10.4. The Labute approximate surface area is 209 Å². The quantitative estimate of drug-likeness (QED) is 0.452. The van der Waals surface area contributed by atoms with Crippen LogP contribution in [0.25, 0.3) is 16.8 Å². The Kier molecular flexibility index (Phi) is 8.60. The van der Waals surface area contributed by atoms with Crippen LogP contribution in [0, 0.1) is 5.41 Å². The molecule has 0 radical (unpaired) electrons. The lowest BCUT2D eigenvalue weighted by atomic mass is 9.72. The fourth-order valence-corrected chi connectivity index (χ4v) is 4.54. The normalized spacial score (nSPS) is 21.6. The summed E-state index contributed by atoms with van der Waals surface area (Å²) in [6.45, 7) is 9.69. The number of esters is 1. The second-order valence-corrected chi connectivity index (χ2v) is 10.4. The van der Waals surface area contributed by atoms with Crippen molar-refractivity contribution in [3.63, 3.8) is 0 Å². The highest BCUT2D eigenvalue weighted by atomic mass is 16.6. The summed E-state index contributed by atoms with van der Waals surface area (Å²) in [6, 6.07) is 12.2. The van der Waals surface area contributed by atoms with E-state index in [9.17, 15) is 9.59 Å². The maximum atomic E-state index is 12.9. The Bertz CT molecular complexity index is 1060. The third-order valence-corrected chi connectivity index (χ3v) is 6.56. The van der Waals surface area contributed by atoms with Gasteiger partial charge in [0, 0.05) is 7.11 Å². The molecule has 2 aromatic rings. The third-order valence-electron chi connectivity index (χ3n) is 6.56. The van der Waals surface area contributed by atoms with Crippen LogP contribution in [-0.2, 0) is 19.0 Å². The number of hydrogen-bond donors (Lipinski definition) is 1. The highest BCUT2D eigenvalue weighted by Crippen LogP contribution is 2.40. The van der Waals surface area contributed by atoms with Gasteiger partial charge in [-0.15, -0.1) is 0 Å². The van der Waals surface area contributed by atoms with E-state index in [1.807, 2.05) is 52.8 Å². The van der Waals surface area contributed by atoms with Crippen molar-refractivity contribution in [1.82, 2.24) is 5.32 Å². The minimum Gasteiger partial charge on any atom is -0.465 e. The molecular formula is C29H39NO5. The fraction of sp³-hybridized carbons (Fsp3) is 0.517. The average molecular weight is 482 g/mol. The first-order valence-electron chi connectivity index (χ1n) is 12.5. The van der Waals surface area contributed by atoms with E-state index in [1.165, 1.54) is 0 Å². The fourth-order valence-electron chi connectivity index (χ4n) is 4.54. The molecule has 35 heavy (non-hydrogen) atoms. The molecule has 3 rings (SSSR count). The summed E-state index contributed by atoms with van der Waals surface area (Å²) in [5.41, 5.74) is 0.844. The van der Waals surface area contributed by atoms with Gasteiger partial charge >= 0.3 is 12.1 Å². The van der Waals surface area contributed by atoms with Crippen molar-refractivity contribution in [2.24, 2.45) is 5.41 Å². The van der Waals surface area contributed by atoms with E-state index in [4.69, 9.17) is 14.2 Å². The van der Waals surface area contributed by atoms with Gasteiger partial charge < -0.3 is 19.5 Å². The van der Waals surface area contributed by atoms with E-state index < -0.39 is 17.1 Å². The number of nitrogens with one attached hydrogen (secondary N) is 1. The number of methoxy groups -OCH3 is 1. The number of carbonyl (C=O) groups is 2. The van der Waals surface area contributed by atoms with Crippen molar-refractivity contribution in [3.05, 3.63) is 53.6 Å². The van der Waals surface area contributed by atoms with Gasteiger partial charge in [0.05, 0.1) is 24.2 Å². The zero-order chi connectivity index (χ0) is 25.6. The van der Waals surface area contributed by atoms with Crippen LogP contribution in [0.5, 0.6) is 0 Å². The third kappa shape index (κ3) is 7.07. The van der Waals surface area contributed by atoms with Gasteiger partial charge in [-0.3, -0.25) is 4.79 Å². The number of alkyl carbamates (subject to hydrolysis) is 1. The SMILES string of the molecule is CCOC(=O)C1(/C=C/c2ccc3ccc([C@@H](C)NC(=O)OC(C)(C)C)cc3c2)CCC(OC)CC1. The molecule has 0 unspecified atom stereocenters. The van der Waals surface area contributed by atoms with E-state index in [0.29, 0.717) is 19.4 Å². The standard InChI is InChI=1S/C29H39NO5/c1-7-34-26(31)29(16-13-25(33-6)14-17-29)15-12-21-8-9-22-10-11-23(19-24(22)18-21)20(2)30-27(32)35-28(3,4)5/h8-12,15,18-20,25H,7,13-14,16-17H2,1-6H3,(H,30,32)/b15-12+/t20-,25?,29?/m1/s1. The number of amides is 1. The van der Waals surface area contributed by atoms with E-state index in [2.05, 4.69) is 35.6 Å². The number of rotatable bonds is 7. The first-order chi connectivity index (χ1) is 16.5. The molecule has 0 aromatic heterocycles. The molecule has 1 aliphatic carbocycles. The zero-order valence-electron chi connectivity index (χ0n) is 21.9. The van der Waals surface area contributed by atoms with Crippen LogP contribution < -0.4 is 5.32 Å². The summed E-state index contributed by atoms with van der Waals surface area (Å²) < 4.78 is 16.3. The lowest BCUT2D eigenvalue weighted by Crippen LogP contribution is -2.37. The highest BCUT2D eigenvalue weighted by molar-refractivity contribution is 5.86. The maximum absolute atomic E-state index is 12.9. The van der Waals surface area contributed by atoms with Gasteiger partial charge in [-0.05, 0) is 94.3 Å². The summed E-state index contributed by atoms with van der Waals surface area (Å²) in [5.74, 6) is -0.157. The van der Waals surface area contributed by atoms with Crippen LogP contribution in [0.4, 0.5) is 4.79 Å². The maximum Gasteiger partial charge on any atom is 0.408 e. The van der Waals surface area contributed by atoms with E-state index in [0.717, 1.165) is 34.7 Å². The number of ether oxygens (including phenoxy) is 3. The molecule has 190 valence electrons. The largest absolute Gasteiger partial charge is 0.465 e. The molecule has 0 aliphatic heterocycles. The summed E-state index contributed by atoms with van der Waals surface area (Å²) in [5, 5.41) is 5.07. The molecule has 0 spiro atoms. The van der Waals surface area contributed by atoms with Crippen molar-refractivity contribution >= 4 is 28.9 Å². The predicted molar refractivity (Wildman–Crippen MR) is 139 cm³/mol. The van der Waals surface area contributed by atoms with Gasteiger partial charge in [-0.25, -0.2) is 4.79 Å². The van der Waals surface area contributed by atoms with Gasteiger partial charge in [0.2, 0.25) is 0 Å². The van der Waals surface area contributed by atoms with Crippen LogP contribution in [0.3, 0.4) is 0 Å².